The van der Waals surface area contributed by atoms with Crippen molar-refractivity contribution in [2.24, 2.45) is 0 Å². The smallest absolute Gasteiger partial charge is 0.306 e. The molecule has 2 heterocycles. The van der Waals surface area contributed by atoms with E-state index in [-0.39, 0.29) is 23.9 Å². The Bertz CT molecular complexity index is 1320. The summed E-state index contributed by atoms with van der Waals surface area (Å²) >= 11 is 1.78. The molecule has 0 fully saturated rings. The Morgan fingerprint density at radius 2 is 1.13 bits per heavy atom. The van der Waals surface area contributed by atoms with E-state index in [1.807, 2.05) is 13.8 Å². The van der Waals surface area contributed by atoms with Crippen LogP contribution in [0.4, 0.5) is 0 Å². The van der Waals surface area contributed by atoms with Crippen LogP contribution in [-0.4, -0.2) is 93.7 Å². The largest absolute Gasteiger partial charge is 0.466 e. The first kappa shape index (κ1) is 67.4. The van der Waals surface area contributed by atoms with Gasteiger partial charge in [-0.15, -0.1) is 11.3 Å². The van der Waals surface area contributed by atoms with Gasteiger partial charge in [0.25, 0.3) is 5.91 Å². The number of unbranched alkanes of at least 4 members (excludes halogenated alkanes) is 22. The average Bonchev–Trinajstić information content (AvgIpc) is 3.66. The lowest BCUT2D eigenvalue weighted by Crippen LogP contribution is -2.30. The van der Waals surface area contributed by atoms with Gasteiger partial charge in [-0.2, -0.15) is 0 Å². The predicted molar refractivity (Wildman–Crippen MR) is 289 cm³/mol. The van der Waals surface area contributed by atoms with E-state index in [1.54, 1.807) is 11.3 Å². The summed E-state index contributed by atoms with van der Waals surface area (Å²) in [4.78, 5) is 63.2. The standard InChI is InChI=1S/C23H44O3.C17H32O3.C15H25N3OS.C2H6/c1-3-5-7-9-11-14-18-22(19-15-12-10-8-6-4-2)26-23(25)20-16-13-17-21-24;1-2-3-4-5-6-7-8-9-13-16-20-17(19)14-11-10-12-15-18;1-11-14(15(19)16-7-5-8-17(2)3)12-6-9-18(4)10-13(12)20-11;1-2/h21-22H,3-20H2,1-2H3;15H,2-14,16H2,1H3;5-10H2,1-4H3,(H,16,19);1-2H3. The minimum Gasteiger partial charge on any atom is -0.466 e. The van der Waals surface area contributed by atoms with Gasteiger partial charge in [-0.25, -0.2) is 0 Å². The number of rotatable bonds is 40. The highest BCUT2D eigenvalue weighted by molar-refractivity contribution is 7.12. The number of aldehydes is 2. The Morgan fingerprint density at radius 1 is 0.662 bits per heavy atom. The third-order valence-corrected chi connectivity index (χ3v) is 13.3. The van der Waals surface area contributed by atoms with Crippen molar-refractivity contribution < 1.29 is 33.4 Å². The Hall–Kier alpha value is -2.63. The highest BCUT2D eigenvalue weighted by atomic mass is 32.1. The molecule has 0 unspecified atom stereocenters. The number of likely N-dealkylation sites (N-methyl/N-ethyl adjacent to an activating group) is 1. The maximum Gasteiger partial charge on any atom is 0.306 e. The number of hydrogen-bond donors (Lipinski definition) is 1. The molecular weight excluding hydrogens is 871 g/mol. The second-order valence-electron chi connectivity index (χ2n) is 18.9. The normalized spacial score (nSPS) is 11.9. The van der Waals surface area contributed by atoms with Crippen LogP contribution in [-0.2, 0) is 41.6 Å². The molecule has 0 aliphatic carbocycles. The predicted octanol–water partition coefficient (Wildman–Crippen LogP) is 14.7. The van der Waals surface area contributed by atoms with Gasteiger partial charge in [-0.1, -0.05) is 150 Å². The van der Waals surface area contributed by atoms with Gasteiger partial charge in [0.05, 0.1) is 12.2 Å². The number of hydrogen-bond acceptors (Lipinski definition) is 10. The molecular formula is C57H107N3O7S. The van der Waals surface area contributed by atoms with Crippen molar-refractivity contribution in [1.82, 2.24) is 15.1 Å². The number of fused-ring (bicyclic) bond motifs is 1. The zero-order chi connectivity index (χ0) is 50.9. The zero-order valence-electron chi connectivity index (χ0n) is 45.8. The molecule has 0 spiro atoms. The number of esters is 2. The second kappa shape index (κ2) is 50.7. The summed E-state index contributed by atoms with van der Waals surface area (Å²) in [6.45, 7) is 17.1. The molecule has 1 aromatic rings. The van der Waals surface area contributed by atoms with E-state index in [0.717, 1.165) is 113 Å². The summed E-state index contributed by atoms with van der Waals surface area (Å²) in [5.41, 5.74) is 2.23. The molecule has 2 rings (SSSR count). The third-order valence-electron chi connectivity index (χ3n) is 12.2. The fraction of sp³-hybridized carbons (Fsp3) is 0.842. The fourth-order valence-corrected chi connectivity index (χ4v) is 9.43. The van der Waals surface area contributed by atoms with Crippen LogP contribution >= 0.6 is 11.3 Å². The summed E-state index contributed by atoms with van der Waals surface area (Å²) < 4.78 is 10.9. The molecule has 1 amide bonds. The average molecular weight is 979 g/mol. The molecule has 0 atom stereocenters. The van der Waals surface area contributed by atoms with E-state index >= 15 is 0 Å². The molecule has 0 saturated heterocycles. The first-order valence-electron chi connectivity index (χ1n) is 28.0. The number of nitrogens with zero attached hydrogens (tertiary/aromatic N) is 2. The fourth-order valence-electron chi connectivity index (χ4n) is 8.13. The van der Waals surface area contributed by atoms with E-state index in [0.29, 0.717) is 32.3 Å². The summed E-state index contributed by atoms with van der Waals surface area (Å²) in [5.74, 6) is -0.0726. The van der Waals surface area contributed by atoms with Gasteiger partial charge >= 0.3 is 11.9 Å². The van der Waals surface area contributed by atoms with Crippen molar-refractivity contribution in [3.8, 4) is 0 Å². The Labute approximate surface area is 423 Å². The number of ether oxygens (including phenoxy) is 2. The Kier molecular flexibility index (Phi) is 50.3. The van der Waals surface area contributed by atoms with Gasteiger partial charge in [0, 0.05) is 55.1 Å². The molecule has 0 saturated carbocycles. The highest BCUT2D eigenvalue weighted by Crippen LogP contribution is 2.32. The van der Waals surface area contributed by atoms with Crippen LogP contribution in [0.15, 0.2) is 0 Å². The maximum atomic E-state index is 12.4. The number of amides is 1. The zero-order valence-corrected chi connectivity index (χ0v) is 46.6. The van der Waals surface area contributed by atoms with Gasteiger partial charge in [-0.05, 0) is 111 Å². The van der Waals surface area contributed by atoms with Crippen LogP contribution in [0.3, 0.4) is 0 Å². The minimum absolute atomic E-state index is 0.0714. The molecule has 0 bridgehead atoms. The first-order chi connectivity index (χ1) is 33.0. The summed E-state index contributed by atoms with van der Waals surface area (Å²) in [6, 6.07) is 0. The first-order valence-corrected chi connectivity index (χ1v) is 28.8. The quantitative estimate of drug-likeness (QED) is 0.0389. The number of carbonyl (C=O) groups is 5. The van der Waals surface area contributed by atoms with Gasteiger partial charge in [-0.3, -0.25) is 14.4 Å². The lowest BCUT2D eigenvalue weighted by Gasteiger charge is -2.22. The summed E-state index contributed by atoms with van der Waals surface area (Å²) in [6.07, 6.45) is 37.8. The molecule has 398 valence electrons. The maximum absolute atomic E-state index is 12.4. The van der Waals surface area contributed by atoms with Crippen molar-refractivity contribution in [1.29, 1.82) is 0 Å². The molecule has 0 aromatic carbocycles. The van der Waals surface area contributed by atoms with Crippen molar-refractivity contribution in [2.75, 3.05) is 47.4 Å². The van der Waals surface area contributed by atoms with Crippen LogP contribution in [0.2, 0.25) is 0 Å². The number of aryl methyl sites for hydroxylation is 1. The van der Waals surface area contributed by atoms with E-state index in [2.05, 4.69) is 64.0 Å². The van der Waals surface area contributed by atoms with Crippen molar-refractivity contribution in [2.45, 2.75) is 266 Å². The Balaban J connectivity index is 0. The molecule has 1 N–H and O–H groups in total. The lowest BCUT2D eigenvalue weighted by atomic mass is 10.0. The van der Waals surface area contributed by atoms with E-state index in [4.69, 9.17) is 9.47 Å². The molecule has 1 aliphatic heterocycles. The van der Waals surface area contributed by atoms with Crippen LogP contribution in [0.25, 0.3) is 0 Å². The molecule has 1 aromatic heterocycles. The van der Waals surface area contributed by atoms with E-state index < -0.39 is 0 Å². The van der Waals surface area contributed by atoms with Crippen molar-refractivity contribution in [3.05, 3.63) is 20.9 Å². The minimum atomic E-state index is -0.115. The third kappa shape index (κ3) is 41.2. The van der Waals surface area contributed by atoms with Gasteiger partial charge < -0.3 is 34.2 Å². The van der Waals surface area contributed by atoms with Crippen LogP contribution in [0.5, 0.6) is 0 Å². The van der Waals surface area contributed by atoms with Crippen LogP contribution in [0, 0.1) is 6.92 Å². The van der Waals surface area contributed by atoms with E-state index in [1.165, 1.54) is 132 Å². The monoisotopic (exact) mass is 978 g/mol. The molecule has 10 nitrogen and oxygen atoms in total. The van der Waals surface area contributed by atoms with Crippen LogP contribution in [0.1, 0.15) is 266 Å². The van der Waals surface area contributed by atoms with Gasteiger partial charge in [0.15, 0.2) is 0 Å². The Morgan fingerprint density at radius 3 is 1.62 bits per heavy atom. The van der Waals surface area contributed by atoms with Gasteiger partial charge in [0.1, 0.15) is 18.7 Å². The topological polar surface area (TPSA) is 122 Å². The van der Waals surface area contributed by atoms with Gasteiger partial charge in [0.2, 0.25) is 0 Å². The van der Waals surface area contributed by atoms with Crippen molar-refractivity contribution >= 4 is 41.8 Å². The molecule has 1 aliphatic rings. The number of thiophene rings is 1. The summed E-state index contributed by atoms with van der Waals surface area (Å²) in [7, 11) is 6.24. The second-order valence-corrected chi connectivity index (χ2v) is 20.2. The summed E-state index contributed by atoms with van der Waals surface area (Å²) in [5, 5.41) is 3.07. The molecule has 11 heteroatoms. The van der Waals surface area contributed by atoms with Crippen molar-refractivity contribution in [3.63, 3.8) is 0 Å². The number of carbonyl (C=O) groups excluding carboxylic acids is 5. The molecule has 68 heavy (non-hydrogen) atoms. The van der Waals surface area contributed by atoms with Crippen LogP contribution < -0.4 is 5.32 Å². The SMILES string of the molecule is CC.CCCCCCCCC(CCCCCCCC)OC(=O)CCCCC=O.CCCCCCCCCCCOC(=O)CCCCC=O.Cc1sc2c(c1C(=O)NCCCN(C)C)CCN(C)C2. The van der Waals surface area contributed by atoms with E-state index in [9.17, 15) is 24.0 Å². The lowest BCUT2D eigenvalue weighted by molar-refractivity contribution is -0.150. The number of nitrogens with one attached hydrogen (secondary N) is 1. The molecule has 0 radical (unpaired) electrons. The highest BCUT2D eigenvalue weighted by Gasteiger charge is 2.25.